The maximum Gasteiger partial charge on any atom is 0.252 e. The Morgan fingerprint density at radius 3 is 2.61 bits per heavy atom. The lowest BCUT2D eigenvalue weighted by Crippen LogP contribution is -2.49. The summed E-state index contributed by atoms with van der Waals surface area (Å²) in [6.07, 6.45) is 5.21. The zero-order valence-corrected chi connectivity index (χ0v) is 19.7. The molecule has 0 saturated carbocycles. The van der Waals surface area contributed by atoms with Gasteiger partial charge in [-0.2, -0.15) is 5.10 Å². The van der Waals surface area contributed by atoms with E-state index in [0.717, 1.165) is 44.6 Å². The molecule has 4 atom stereocenters. The van der Waals surface area contributed by atoms with Gasteiger partial charge in [-0.3, -0.25) is 14.9 Å². The number of aryl methyl sites for hydroxylation is 1. The van der Waals surface area contributed by atoms with Gasteiger partial charge in [0, 0.05) is 74.3 Å². The van der Waals surface area contributed by atoms with Crippen molar-refractivity contribution in [1.82, 2.24) is 31.3 Å². The van der Waals surface area contributed by atoms with Crippen LogP contribution in [0.5, 0.6) is 0 Å². The second-order valence-electron chi connectivity index (χ2n) is 9.48. The topological polar surface area (TPSA) is 95.5 Å². The second kappa shape index (κ2) is 9.42. The van der Waals surface area contributed by atoms with Gasteiger partial charge >= 0.3 is 0 Å². The molecule has 0 radical (unpaired) electrons. The van der Waals surface area contributed by atoms with Gasteiger partial charge in [0.15, 0.2) is 0 Å². The van der Waals surface area contributed by atoms with Gasteiger partial charge < -0.3 is 20.3 Å². The SMILES string of the molecule is COC1CCN(c2ccc(C(=O)NC3NNC4CNC(c5cnn(C)c5C)CC43)cc2)CC1. The van der Waals surface area contributed by atoms with Crippen molar-refractivity contribution in [3.8, 4) is 0 Å². The van der Waals surface area contributed by atoms with E-state index in [2.05, 4.69) is 50.5 Å². The average molecular weight is 454 g/mol. The van der Waals surface area contributed by atoms with Crippen LogP contribution >= 0.6 is 0 Å². The number of aromatic nitrogens is 2. The first-order valence-corrected chi connectivity index (χ1v) is 11.9. The molecule has 9 heteroatoms. The zero-order valence-electron chi connectivity index (χ0n) is 19.7. The number of nitrogens with one attached hydrogen (secondary N) is 4. The highest BCUT2D eigenvalue weighted by Crippen LogP contribution is 2.32. The average Bonchev–Trinajstić information content (AvgIpc) is 3.41. The third kappa shape index (κ3) is 4.50. The van der Waals surface area contributed by atoms with Crippen LogP contribution in [0, 0.1) is 12.8 Å². The highest BCUT2D eigenvalue weighted by atomic mass is 16.5. The number of benzene rings is 1. The summed E-state index contributed by atoms with van der Waals surface area (Å²) in [5.74, 6) is 0.244. The van der Waals surface area contributed by atoms with Crippen LogP contribution in [0.1, 0.15) is 46.9 Å². The number of ether oxygens (including phenoxy) is 1. The van der Waals surface area contributed by atoms with Crippen molar-refractivity contribution >= 4 is 11.6 Å². The van der Waals surface area contributed by atoms with Crippen LogP contribution in [0.2, 0.25) is 0 Å². The number of hydrogen-bond donors (Lipinski definition) is 4. The number of hydrazine groups is 1. The van der Waals surface area contributed by atoms with E-state index in [9.17, 15) is 4.79 Å². The number of carbonyl (C=O) groups excluding carboxylic acids is 1. The van der Waals surface area contributed by atoms with Gasteiger partial charge in [-0.15, -0.1) is 0 Å². The van der Waals surface area contributed by atoms with Gasteiger partial charge in [-0.25, -0.2) is 5.43 Å². The molecule has 0 spiro atoms. The molecule has 3 fully saturated rings. The van der Waals surface area contributed by atoms with Crippen molar-refractivity contribution in [1.29, 1.82) is 0 Å². The molecule has 4 N–H and O–H groups in total. The first kappa shape index (κ1) is 22.3. The van der Waals surface area contributed by atoms with E-state index in [1.54, 1.807) is 7.11 Å². The fourth-order valence-electron chi connectivity index (χ4n) is 5.41. The molecule has 5 rings (SSSR count). The lowest BCUT2D eigenvalue weighted by Gasteiger charge is -2.34. The van der Waals surface area contributed by atoms with Crippen LogP contribution in [0.15, 0.2) is 30.5 Å². The van der Waals surface area contributed by atoms with E-state index in [1.807, 2.05) is 30.1 Å². The van der Waals surface area contributed by atoms with Crippen LogP contribution in [-0.4, -0.2) is 60.7 Å². The molecule has 0 aliphatic carbocycles. The normalized spacial score (nSPS) is 28.0. The number of hydrogen-bond acceptors (Lipinski definition) is 7. The first-order valence-electron chi connectivity index (χ1n) is 11.9. The molecule has 1 aromatic carbocycles. The van der Waals surface area contributed by atoms with Crippen molar-refractivity contribution in [2.24, 2.45) is 13.0 Å². The smallest absolute Gasteiger partial charge is 0.252 e. The molecular formula is C24H35N7O2. The Morgan fingerprint density at radius 1 is 1.18 bits per heavy atom. The largest absolute Gasteiger partial charge is 0.381 e. The van der Waals surface area contributed by atoms with E-state index >= 15 is 0 Å². The summed E-state index contributed by atoms with van der Waals surface area (Å²) in [6.45, 7) is 4.91. The van der Waals surface area contributed by atoms with Crippen molar-refractivity contribution in [2.45, 2.75) is 50.5 Å². The van der Waals surface area contributed by atoms with Crippen LogP contribution < -0.4 is 26.4 Å². The molecule has 1 amide bonds. The number of nitrogens with zero attached hydrogens (tertiary/aromatic N) is 3. The molecule has 0 bridgehead atoms. The Morgan fingerprint density at radius 2 is 1.94 bits per heavy atom. The summed E-state index contributed by atoms with van der Waals surface area (Å²) in [7, 11) is 3.76. The number of piperidine rings is 2. The Labute approximate surface area is 195 Å². The Hall–Kier alpha value is -2.46. The quantitative estimate of drug-likeness (QED) is 0.541. The van der Waals surface area contributed by atoms with E-state index in [1.165, 1.54) is 11.3 Å². The minimum atomic E-state index is -0.114. The minimum Gasteiger partial charge on any atom is -0.381 e. The standard InChI is InChI=1S/C24H35N7O2/c1-15-20(13-26-30(15)2)21-12-19-22(14-25-21)28-29-23(19)27-24(32)16-4-6-17(7-5-16)31-10-8-18(33-3)9-11-31/h4-7,13,18-19,21-23,25,28-29H,8-12,14H2,1-3H3,(H,27,32). The monoisotopic (exact) mass is 453 g/mol. The highest BCUT2D eigenvalue weighted by Gasteiger charge is 2.42. The molecule has 33 heavy (non-hydrogen) atoms. The third-order valence-corrected chi connectivity index (χ3v) is 7.67. The molecule has 9 nitrogen and oxygen atoms in total. The second-order valence-corrected chi connectivity index (χ2v) is 9.48. The maximum absolute atomic E-state index is 13.0. The summed E-state index contributed by atoms with van der Waals surface area (Å²) in [5.41, 5.74) is 10.9. The summed E-state index contributed by atoms with van der Waals surface area (Å²) in [6, 6.07) is 8.48. The summed E-state index contributed by atoms with van der Waals surface area (Å²) in [4.78, 5) is 15.4. The summed E-state index contributed by atoms with van der Waals surface area (Å²) < 4.78 is 7.38. The van der Waals surface area contributed by atoms with E-state index < -0.39 is 0 Å². The Kier molecular flexibility index (Phi) is 6.38. The van der Waals surface area contributed by atoms with Crippen molar-refractivity contribution < 1.29 is 9.53 Å². The number of carbonyl (C=O) groups is 1. The van der Waals surface area contributed by atoms with Crippen LogP contribution in [0.3, 0.4) is 0 Å². The predicted molar refractivity (Wildman–Crippen MR) is 127 cm³/mol. The molecule has 178 valence electrons. The number of amides is 1. The minimum absolute atomic E-state index is 0.0489. The molecule has 1 aromatic heterocycles. The van der Waals surface area contributed by atoms with Gasteiger partial charge in [-0.05, 0) is 50.5 Å². The number of methoxy groups -OCH3 is 1. The molecule has 4 unspecified atom stereocenters. The Balaban J connectivity index is 1.20. The Bertz CT molecular complexity index is 968. The highest BCUT2D eigenvalue weighted by molar-refractivity contribution is 5.94. The van der Waals surface area contributed by atoms with Crippen LogP contribution in [0.4, 0.5) is 5.69 Å². The van der Waals surface area contributed by atoms with Gasteiger partial charge in [-0.1, -0.05) is 0 Å². The summed E-state index contributed by atoms with van der Waals surface area (Å²) >= 11 is 0. The molecular weight excluding hydrogens is 418 g/mol. The number of rotatable bonds is 5. The van der Waals surface area contributed by atoms with Crippen molar-refractivity contribution in [3.05, 3.63) is 47.3 Å². The lowest BCUT2D eigenvalue weighted by molar-refractivity contribution is 0.0819. The lowest BCUT2D eigenvalue weighted by atomic mass is 9.85. The van der Waals surface area contributed by atoms with Gasteiger partial charge in [0.25, 0.3) is 5.91 Å². The van der Waals surface area contributed by atoms with Gasteiger partial charge in [0.05, 0.1) is 18.5 Å². The number of anilines is 1. The number of fused-ring (bicyclic) bond motifs is 1. The predicted octanol–water partition coefficient (Wildman–Crippen LogP) is 1.23. The fourth-order valence-corrected chi connectivity index (χ4v) is 5.41. The van der Waals surface area contributed by atoms with Crippen molar-refractivity contribution in [2.75, 3.05) is 31.6 Å². The van der Waals surface area contributed by atoms with Crippen LogP contribution in [0.25, 0.3) is 0 Å². The van der Waals surface area contributed by atoms with Gasteiger partial charge in [0.1, 0.15) is 0 Å². The molecule has 3 saturated heterocycles. The van der Waals surface area contributed by atoms with Crippen LogP contribution in [-0.2, 0) is 11.8 Å². The molecule has 4 heterocycles. The molecule has 3 aliphatic rings. The third-order valence-electron chi connectivity index (χ3n) is 7.67. The molecule has 3 aliphatic heterocycles. The first-order chi connectivity index (χ1) is 16.0. The van der Waals surface area contributed by atoms with E-state index in [0.29, 0.717) is 17.6 Å². The summed E-state index contributed by atoms with van der Waals surface area (Å²) in [5, 5.41) is 11.2. The maximum atomic E-state index is 13.0. The zero-order chi connectivity index (χ0) is 22.9. The van der Waals surface area contributed by atoms with E-state index in [4.69, 9.17) is 4.74 Å². The van der Waals surface area contributed by atoms with E-state index in [-0.39, 0.29) is 24.2 Å². The van der Waals surface area contributed by atoms with Crippen molar-refractivity contribution in [3.63, 3.8) is 0 Å². The fraction of sp³-hybridized carbons (Fsp3) is 0.583. The van der Waals surface area contributed by atoms with Gasteiger partial charge in [0.2, 0.25) is 0 Å². The molecule has 2 aromatic rings.